The van der Waals surface area contributed by atoms with Gasteiger partial charge in [-0.05, 0) is 30.2 Å². The monoisotopic (exact) mass is 248 g/mol. The number of esters is 1. The van der Waals surface area contributed by atoms with E-state index in [9.17, 15) is 4.79 Å². The molecule has 98 valence electrons. The minimum atomic E-state index is -0.290. The summed E-state index contributed by atoms with van der Waals surface area (Å²) in [6.45, 7) is 2.62. The Morgan fingerprint density at radius 2 is 1.94 bits per heavy atom. The molecule has 1 rings (SSSR count). The summed E-state index contributed by atoms with van der Waals surface area (Å²) in [5.74, 6) is 0.510. The van der Waals surface area contributed by atoms with Crippen molar-refractivity contribution in [1.82, 2.24) is 0 Å². The van der Waals surface area contributed by atoms with Gasteiger partial charge >= 0.3 is 5.97 Å². The molecule has 0 aliphatic rings. The van der Waals surface area contributed by atoms with Crippen molar-refractivity contribution < 1.29 is 14.3 Å². The fourth-order valence-corrected chi connectivity index (χ4v) is 1.45. The van der Waals surface area contributed by atoms with E-state index in [0.29, 0.717) is 6.61 Å². The van der Waals surface area contributed by atoms with Crippen LogP contribution < -0.4 is 4.74 Å². The third-order valence-electron chi connectivity index (χ3n) is 2.52. The summed E-state index contributed by atoms with van der Waals surface area (Å²) in [7, 11) is 1.62. The van der Waals surface area contributed by atoms with Crippen molar-refractivity contribution in [2.45, 2.75) is 26.2 Å². The summed E-state index contributed by atoms with van der Waals surface area (Å²) in [6.07, 6.45) is 6.34. The topological polar surface area (TPSA) is 35.5 Å². The average molecular weight is 248 g/mol. The Balaban J connectivity index is 2.35. The van der Waals surface area contributed by atoms with E-state index < -0.39 is 0 Å². The van der Waals surface area contributed by atoms with Crippen LogP contribution in [0.1, 0.15) is 31.7 Å². The lowest BCUT2D eigenvalue weighted by molar-refractivity contribution is -0.137. The van der Waals surface area contributed by atoms with Crippen molar-refractivity contribution in [2.24, 2.45) is 0 Å². The van der Waals surface area contributed by atoms with Gasteiger partial charge in [0.15, 0.2) is 0 Å². The molecule has 0 unspecified atom stereocenters. The molecule has 0 saturated carbocycles. The molecule has 0 aromatic heterocycles. The highest BCUT2D eigenvalue weighted by atomic mass is 16.5. The molecule has 0 radical (unpaired) electrons. The van der Waals surface area contributed by atoms with Crippen molar-refractivity contribution in [3.8, 4) is 5.75 Å². The van der Waals surface area contributed by atoms with E-state index in [-0.39, 0.29) is 5.97 Å². The SMILES string of the molecule is CCCCCOC(=O)/C=C/c1ccc(OC)cc1. The maximum Gasteiger partial charge on any atom is 0.330 e. The van der Waals surface area contributed by atoms with Crippen LogP contribution in [0.25, 0.3) is 6.08 Å². The Bertz CT molecular complexity index is 379. The summed E-state index contributed by atoms with van der Waals surface area (Å²) >= 11 is 0. The fourth-order valence-electron chi connectivity index (χ4n) is 1.45. The quantitative estimate of drug-likeness (QED) is 0.421. The molecule has 0 atom stereocenters. The van der Waals surface area contributed by atoms with Crippen LogP contribution >= 0.6 is 0 Å². The summed E-state index contributed by atoms with van der Waals surface area (Å²) in [5.41, 5.74) is 0.946. The van der Waals surface area contributed by atoms with Gasteiger partial charge in [0, 0.05) is 6.08 Å². The lowest BCUT2D eigenvalue weighted by Crippen LogP contribution is -2.01. The molecule has 0 heterocycles. The van der Waals surface area contributed by atoms with Gasteiger partial charge < -0.3 is 9.47 Å². The fraction of sp³-hybridized carbons (Fsp3) is 0.400. The van der Waals surface area contributed by atoms with E-state index in [4.69, 9.17) is 9.47 Å². The van der Waals surface area contributed by atoms with E-state index in [1.165, 1.54) is 6.08 Å². The molecule has 0 aliphatic carbocycles. The number of carbonyl (C=O) groups excluding carboxylic acids is 1. The Morgan fingerprint density at radius 1 is 1.22 bits per heavy atom. The number of hydrogen-bond donors (Lipinski definition) is 0. The number of methoxy groups -OCH3 is 1. The second kappa shape index (κ2) is 8.34. The number of ether oxygens (including phenoxy) is 2. The smallest absolute Gasteiger partial charge is 0.330 e. The first kappa shape index (κ1) is 14.3. The molecular formula is C15H20O3. The summed E-state index contributed by atoms with van der Waals surface area (Å²) in [6, 6.07) is 7.48. The first-order valence-corrected chi connectivity index (χ1v) is 6.25. The molecule has 0 bridgehead atoms. The van der Waals surface area contributed by atoms with Crippen LogP contribution in [0.2, 0.25) is 0 Å². The van der Waals surface area contributed by atoms with Crippen LogP contribution in [0.3, 0.4) is 0 Å². The highest BCUT2D eigenvalue weighted by Gasteiger charge is 1.96. The van der Waals surface area contributed by atoms with E-state index >= 15 is 0 Å². The molecular weight excluding hydrogens is 228 g/mol. The maximum absolute atomic E-state index is 11.4. The van der Waals surface area contributed by atoms with Crippen molar-refractivity contribution in [3.63, 3.8) is 0 Å². The number of unbranched alkanes of at least 4 members (excludes halogenated alkanes) is 2. The van der Waals surface area contributed by atoms with E-state index in [1.807, 2.05) is 24.3 Å². The minimum absolute atomic E-state index is 0.290. The van der Waals surface area contributed by atoms with Gasteiger partial charge in [-0.1, -0.05) is 31.9 Å². The number of carbonyl (C=O) groups is 1. The lowest BCUT2D eigenvalue weighted by Gasteiger charge is -2.01. The lowest BCUT2D eigenvalue weighted by atomic mass is 10.2. The van der Waals surface area contributed by atoms with E-state index in [2.05, 4.69) is 6.92 Å². The van der Waals surface area contributed by atoms with Crippen molar-refractivity contribution in [1.29, 1.82) is 0 Å². The largest absolute Gasteiger partial charge is 0.497 e. The molecule has 0 saturated heterocycles. The minimum Gasteiger partial charge on any atom is -0.497 e. The summed E-state index contributed by atoms with van der Waals surface area (Å²) in [4.78, 5) is 11.4. The molecule has 3 heteroatoms. The first-order chi connectivity index (χ1) is 8.76. The number of hydrogen-bond acceptors (Lipinski definition) is 3. The van der Waals surface area contributed by atoms with E-state index in [1.54, 1.807) is 13.2 Å². The van der Waals surface area contributed by atoms with Gasteiger partial charge in [-0.25, -0.2) is 4.79 Å². The third kappa shape index (κ3) is 5.53. The summed E-state index contributed by atoms with van der Waals surface area (Å²) in [5, 5.41) is 0. The second-order valence-electron chi connectivity index (χ2n) is 3.98. The molecule has 1 aromatic rings. The van der Waals surface area contributed by atoms with Crippen LogP contribution in [0.5, 0.6) is 5.75 Å². The first-order valence-electron chi connectivity index (χ1n) is 6.25. The van der Waals surface area contributed by atoms with Crippen LogP contribution in [0.15, 0.2) is 30.3 Å². The van der Waals surface area contributed by atoms with Gasteiger partial charge in [0.1, 0.15) is 5.75 Å². The van der Waals surface area contributed by atoms with Gasteiger partial charge in [-0.15, -0.1) is 0 Å². The molecule has 1 aromatic carbocycles. The predicted octanol–water partition coefficient (Wildman–Crippen LogP) is 3.44. The molecule has 0 amide bonds. The van der Waals surface area contributed by atoms with E-state index in [0.717, 1.165) is 30.6 Å². The van der Waals surface area contributed by atoms with Gasteiger partial charge in [-0.2, -0.15) is 0 Å². The standard InChI is InChI=1S/C15H20O3/c1-3-4-5-12-18-15(16)11-8-13-6-9-14(17-2)10-7-13/h6-11H,3-5,12H2,1-2H3/b11-8+. The number of rotatable bonds is 7. The second-order valence-corrected chi connectivity index (χ2v) is 3.98. The van der Waals surface area contributed by atoms with Gasteiger partial charge in [0.05, 0.1) is 13.7 Å². The number of benzene rings is 1. The molecule has 18 heavy (non-hydrogen) atoms. The van der Waals surface area contributed by atoms with Crippen molar-refractivity contribution >= 4 is 12.0 Å². The predicted molar refractivity (Wildman–Crippen MR) is 72.5 cm³/mol. The summed E-state index contributed by atoms with van der Waals surface area (Å²) < 4.78 is 10.1. The molecule has 0 aliphatic heterocycles. The zero-order chi connectivity index (χ0) is 13.2. The normalized spacial score (nSPS) is 10.6. The van der Waals surface area contributed by atoms with Crippen LogP contribution in [-0.4, -0.2) is 19.7 Å². The average Bonchev–Trinajstić information content (AvgIpc) is 2.42. The Morgan fingerprint density at radius 3 is 2.56 bits per heavy atom. The Kier molecular flexibility index (Phi) is 6.62. The Labute approximate surface area is 108 Å². The van der Waals surface area contributed by atoms with Crippen LogP contribution in [-0.2, 0) is 9.53 Å². The van der Waals surface area contributed by atoms with Crippen LogP contribution in [0.4, 0.5) is 0 Å². The molecule has 0 N–H and O–H groups in total. The van der Waals surface area contributed by atoms with Crippen LogP contribution in [0, 0.1) is 0 Å². The Hall–Kier alpha value is -1.77. The zero-order valence-corrected chi connectivity index (χ0v) is 11.0. The zero-order valence-electron chi connectivity index (χ0n) is 11.0. The van der Waals surface area contributed by atoms with Crippen molar-refractivity contribution in [3.05, 3.63) is 35.9 Å². The highest BCUT2D eigenvalue weighted by Crippen LogP contribution is 2.12. The van der Waals surface area contributed by atoms with Gasteiger partial charge in [0.25, 0.3) is 0 Å². The maximum atomic E-state index is 11.4. The van der Waals surface area contributed by atoms with Gasteiger partial charge in [0.2, 0.25) is 0 Å². The third-order valence-corrected chi connectivity index (χ3v) is 2.52. The molecule has 0 spiro atoms. The van der Waals surface area contributed by atoms with Gasteiger partial charge in [-0.3, -0.25) is 0 Å². The molecule has 0 fully saturated rings. The molecule has 3 nitrogen and oxygen atoms in total. The van der Waals surface area contributed by atoms with Crippen molar-refractivity contribution in [2.75, 3.05) is 13.7 Å². The highest BCUT2D eigenvalue weighted by molar-refractivity contribution is 5.87.